The van der Waals surface area contributed by atoms with Gasteiger partial charge in [-0.25, -0.2) is 4.39 Å². The second kappa shape index (κ2) is 9.15. The van der Waals surface area contributed by atoms with Crippen LogP contribution >= 0.6 is 11.6 Å². The summed E-state index contributed by atoms with van der Waals surface area (Å²) in [4.78, 5) is 15.6. The van der Waals surface area contributed by atoms with E-state index in [1.165, 1.54) is 12.1 Å². The second-order valence-electron chi connectivity index (χ2n) is 10.1. The van der Waals surface area contributed by atoms with Crippen LogP contribution in [-0.4, -0.2) is 19.1 Å². The van der Waals surface area contributed by atoms with E-state index in [0.717, 1.165) is 11.1 Å². The van der Waals surface area contributed by atoms with Crippen LogP contribution < -0.4 is 14.4 Å². The van der Waals surface area contributed by atoms with Crippen LogP contribution in [0, 0.1) is 17.1 Å². The van der Waals surface area contributed by atoms with Crippen molar-refractivity contribution in [2.45, 2.75) is 44.6 Å². The number of amides is 1. The molecule has 36 heavy (non-hydrogen) atoms. The Bertz CT molecular complexity index is 1390. The van der Waals surface area contributed by atoms with E-state index in [9.17, 15) is 14.4 Å². The molecule has 0 saturated heterocycles. The minimum absolute atomic E-state index is 0.134. The number of nitrogens with zero attached hydrogens (tertiary/aromatic N) is 2. The second-order valence-corrected chi connectivity index (χ2v) is 10.5. The lowest BCUT2D eigenvalue weighted by Gasteiger charge is -2.42. The largest absolute Gasteiger partial charge is 0.486 e. The van der Waals surface area contributed by atoms with E-state index in [2.05, 4.69) is 26.8 Å². The average molecular weight is 505 g/mol. The fourth-order valence-electron chi connectivity index (χ4n) is 5.13. The zero-order valence-electron chi connectivity index (χ0n) is 20.3. The molecule has 184 valence electrons. The first kappa shape index (κ1) is 24.1. The first-order valence-corrected chi connectivity index (χ1v) is 12.3. The van der Waals surface area contributed by atoms with Crippen molar-refractivity contribution in [2.24, 2.45) is 0 Å². The van der Waals surface area contributed by atoms with Gasteiger partial charge in [-0.15, -0.1) is 0 Å². The van der Waals surface area contributed by atoms with Gasteiger partial charge in [0, 0.05) is 28.6 Å². The number of hydrogen-bond acceptors (Lipinski definition) is 4. The highest BCUT2D eigenvalue weighted by Gasteiger charge is 2.42. The van der Waals surface area contributed by atoms with Gasteiger partial charge >= 0.3 is 0 Å². The van der Waals surface area contributed by atoms with Crippen molar-refractivity contribution in [3.8, 4) is 17.6 Å². The van der Waals surface area contributed by atoms with E-state index in [1.54, 1.807) is 17.0 Å². The van der Waals surface area contributed by atoms with E-state index in [0.29, 0.717) is 41.0 Å². The number of nitriles is 1. The van der Waals surface area contributed by atoms with E-state index in [4.69, 9.17) is 21.1 Å². The fourth-order valence-corrected chi connectivity index (χ4v) is 5.59. The first-order valence-electron chi connectivity index (χ1n) is 11.9. The summed E-state index contributed by atoms with van der Waals surface area (Å²) in [7, 11) is 0. The third kappa shape index (κ3) is 4.18. The number of anilines is 1. The molecule has 0 aliphatic carbocycles. The summed E-state index contributed by atoms with van der Waals surface area (Å²) in [5.74, 6) is -0.0230. The number of benzene rings is 3. The van der Waals surface area contributed by atoms with Crippen LogP contribution in [0.1, 0.15) is 66.2 Å². The summed E-state index contributed by atoms with van der Waals surface area (Å²) >= 11 is 6.71. The Kier molecular flexibility index (Phi) is 6.13. The summed E-state index contributed by atoms with van der Waals surface area (Å²) in [5, 5.41) is 10.3. The molecule has 0 N–H and O–H groups in total. The van der Waals surface area contributed by atoms with Gasteiger partial charge in [0.05, 0.1) is 12.1 Å². The Morgan fingerprint density at radius 2 is 1.81 bits per heavy atom. The molecular formula is C29H26ClFN2O3. The van der Waals surface area contributed by atoms with Gasteiger partial charge in [-0.05, 0) is 58.5 Å². The van der Waals surface area contributed by atoms with E-state index in [1.807, 2.05) is 30.3 Å². The van der Waals surface area contributed by atoms with Crippen LogP contribution in [-0.2, 0) is 5.41 Å². The van der Waals surface area contributed by atoms with Gasteiger partial charge in [0.15, 0.2) is 11.5 Å². The zero-order chi connectivity index (χ0) is 25.6. The Morgan fingerprint density at radius 3 is 2.50 bits per heavy atom. The maximum atomic E-state index is 14.3. The Morgan fingerprint density at radius 1 is 1.06 bits per heavy atom. The summed E-state index contributed by atoms with van der Waals surface area (Å²) in [6.07, 6.45) is 0.134. The number of halogens is 2. The van der Waals surface area contributed by atoms with Crippen LogP contribution in [0.15, 0.2) is 54.6 Å². The van der Waals surface area contributed by atoms with Crippen molar-refractivity contribution < 1.29 is 18.7 Å². The standard InChI is InChI=1S/C29H26ClFN2O3/c1-29(2,3)23-8-6-19(16-24(23)30)33-27(17-4-9-25-26(14-17)36-13-12-35-25)21(10-11-32)20-7-5-18(31)15-22(20)28(33)34/h4-9,14-16,21,27H,10,12-13H2,1-3H3/t21-,27+/m0/s1. The molecular weight excluding hydrogens is 479 g/mol. The van der Waals surface area contributed by atoms with Crippen molar-refractivity contribution in [3.63, 3.8) is 0 Å². The molecule has 0 aromatic heterocycles. The van der Waals surface area contributed by atoms with Gasteiger partial charge in [-0.3, -0.25) is 4.79 Å². The lowest BCUT2D eigenvalue weighted by atomic mass is 9.77. The molecule has 2 aliphatic heterocycles. The zero-order valence-corrected chi connectivity index (χ0v) is 21.1. The number of hydrogen-bond donors (Lipinski definition) is 0. The molecule has 0 bridgehead atoms. The molecule has 0 saturated carbocycles. The average Bonchev–Trinajstić information content (AvgIpc) is 2.84. The van der Waals surface area contributed by atoms with Gasteiger partial charge in [-0.2, -0.15) is 5.26 Å². The van der Waals surface area contributed by atoms with Crippen LogP contribution in [0.4, 0.5) is 10.1 Å². The highest BCUT2D eigenvalue weighted by Crippen LogP contribution is 2.48. The lowest BCUT2D eigenvalue weighted by molar-refractivity contribution is 0.0959. The molecule has 2 heterocycles. The maximum Gasteiger partial charge on any atom is 0.259 e. The van der Waals surface area contributed by atoms with E-state index >= 15 is 0 Å². The Balaban J connectivity index is 1.72. The fraction of sp³-hybridized carbons (Fsp3) is 0.310. The molecule has 0 spiro atoms. The van der Waals surface area contributed by atoms with Gasteiger partial charge in [0.25, 0.3) is 5.91 Å². The van der Waals surface area contributed by atoms with Gasteiger partial charge in [-0.1, -0.05) is 50.6 Å². The van der Waals surface area contributed by atoms with E-state index in [-0.39, 0.29) is 23.3 Å². The normalized spacial score (nSPS) is 19.0. The lowest BCUT2D eigenvalue weighted by Crippen LogP contribution is -2.43. The molecule has 3 aromatic carbocycles. The highest BCUT2D eigenvalue weighted by molar-refractivity contribution is 6.32. The van der Waals surface area contributed by atoms with Crippen molar-refractivity contribution in [1.82, 2.24) is 0 Å². The number of carbonyl (C=O) groups excluding carboxylic acids is 1. The quantitative estimate of drug-likeness (QED) is 0.387. The van der Waals surface area contributed by atoms with Crippen LogP contribution in [0.5, 0.6) is 11.5 Å². The molecule has 3 aromatic rings. The maximum absolute atomic E-state index is 14.3. The van der Waals surface area contributed by atoms with Gasteiger partial charge < -0.3 is 14.4 Å². The molecule has 1 amide bonds. The third-order valence-corrected chi connectivity index (χ3v) is 7.09. The minimum Gasteiger partial charge on any atom is -0.486 e. The van der Waals surface area contributed by atoms with Crippen molar-refractivity contribution >= 4 is 23.2 Å². The molecule has 2 aliphatic rings. The number of fused-ring (bicyclic) bond motifs is 2. The molecule has 5 nitrogen and oxygen atoms in total. The smallest absolute Gasteiger partial charge is 0.259 e. The predicted molar refractivity (Wildman–Crippen MR) is 137 cm³/mol. The molecule has 2 atom stereocenters. The monoisotopic (exact) mass is 504 g/mol. The highest BCUT2D eigenvalue weighted by atomic mass is 35.5. The summed E-state index contributed by atoms with van der Waals surface area (Å²) in [6, 6.07) is 17.1. The van der Waals surface area contributed by atoms with Gasteiger partial charge in [0.2, 0.25) is 0 Å². The molecule has 5 rings (SSSR count). The number of ether oxygens (including phenoxy) is 2. The summed E-state index contributed by atoms with van der Waals surface area (Å²) in [6.45, 7) is 7.10. The summed E-state index contributed by atoms with van der Waals surface area (Å²) < 4.78 is 25.8. The third-order valence-electron chi connectivity index (χ3n) is 6.78. The molecule has 7 heteroatoms. The van der Waals surface area contributed by atoms with Crippen LogP contribution in [0.25, 0.3) is 0 Å². The predicted octanol–water partition coefficient (Wildman–Crippen LogP) is 6.95. The number of carbonyl (C=O) groups is 1. The topological polar surface area (TPSA) is 62.6 Å². The number of rotatable bonds is 3. The van der Waals surface area contributed by atoms with Crippen molar-refractivity contribution in [2.75, 3.05) is 18.1 Å². The van der Waals surface area contributed by atoms with Crippen LogP contribution in [0.2, 0.25) is 5.02 Å². The van der Waals surface area contributed by atoms with Gasteiger partial charge in [0.1, 0.15) is 19.0 Å². The Hall–Kier alpha value is -3.56. The summed E-state index contributed by atoms with van der Waals surface area (Å²) in [5.41, 5.74) is 3.04. The molecule has 0 unspecified atom stereocenters. The van der Waals surface area contributed by atoms with E-state index < -0.39 is 17.8 Å². The first-order chi connectivity index (χ1) is 17.2. The van der Waals surface area contributed by atoms with Crippen molar-refractivity contribution in [1.29, 1.82) is 5.26 Å². The molecule has 0 radical (unpaired) electrons. The van der Waals surface area contributed by atoms with Crippen LogP contribution in [0.3, 0.4) is 0 Å². The van der Waals surface area contributed by atoms with Crippen molar-refractivity contribution in [3.05, 3.63) is 87.7 Å². The molecule has 0 fully saturated rings. The SMILES string of the molecule is CC(C)(C)c1ccc(N2C(=O)c3cc(F)ccc3[C@H](CC#N)[C@H]2c2ccc3c(c2)OCCO3)cc1Cl. The Labute approximate surface area is 215 Å². The minimum atomic E-state index is -0.539.